The molecule has 0 N–H and O–H groups in total. The van der Waals surface area contributed by atoms with Crippen molar-refractivity contribution in [3.8, 4) is 5.75 Å². The molecule has 0 aliphatic heterocycles. The van der Waals surface area contributed by atoms with Crippen LogP contribution in [-0.2, 0) is 4.74 Å². The summed E-state index contributed by atoms with van der Waals surface area (Å²) >= 11 is 0. The van der Waals surface area contributed by atoms with Crippen LogP contribution in [0.2, 0.25) is 0 Å². The first kappa shape index (κ1) is 9.85. The number of hydrogen-bond donors (Lipinski definition) is 0. The topological polar surface area (TPSA) is 18.5 Å². The molecule has 0 aliphatic carbocycles. The number of rotatable bonds is 3. The van der Waals surface area contributed by atoms with Gasteiger partial charge in [0.25, 0.3) is 0 Å². The lowest BCUT2D eigenvalue weighted by Crippen LogP contribution is -2.02. The van der Waals surface area contributed by atoms with Crippen molar-refractivity contribution in [1.82, 2.24) is 0 Å². The predicted molar refractivity (Wildman–Crippen MR) is 38.8 cm³/mol. The van der Waals surface area contributed by atoms with E-state index in [9.17, 15) is 13.2 Å². The standard InChI is InChI=1S/C8H7F3O2/c1-12-4-13-7-3-5(9)2-6(10)8(7)11/h2-3H,4H2,1H3. The van der Waals surface area contributed by atoms with Crippen LogP contribution >= 0.6 is 0 Å². The summed E-state index contributed by atoms with van der Waals surface area (Å²) in [4.78, 5) is 0. The van der Waals surface area contributed by atoms with E-state index in [-0.39, 0.29) is 6.79 Å². The number of halogens is 3. The van der Waals surface area contributed by atoms with Gasteiger partial charge in [-0.05, 0) is 0 Å². The van der Waals surface area contributed by atoms with Crippen LogP contribution in [0.25, 0.3) is 0 Å². The van der Waals surface area contributed by atoms with Crippen molar-refractivity contribution in [2.75, 3.05) is 13.9 Å². The summed E-state index contributed by atoms with van der Waals surface area (Å²) in [6.07, 6.45) is 0. The SMILES string of the molecule is COCOc1cc(F)cc(F)c1F. The third-order valence-corrected chi connectivity index (χ3v) is 1.29. The van der Waals surface area contributed by atoms with Crippen LogP contribution in [0.4, 0.5) is 13.2 Å². The summed E-state index contributed by atoms with van der Waals surface area (Å²) in [5.41, 5.74) is 0. The second-order valence-corrected chi connectivity index (χ2v) is 2.25. The number of hydrogen-bond acceptors (Lipinski definition) is 2. The molecule has 0 radical (unpaired) electrons. The maximum atomic E-state index is 12.8. The van der Waals surface area contributed by atoms with Gasteiger partial charge >= 0.3 is 0 Å². The van der Waals surface area contributed by atoms with Crippen LogP contribution < -0.4 is 4.74 Å². The fourth-order valence-electron chi connectivity index (χ4n) is 0.760. The average molecular weight is 192 g/mol. The van der Waals surface area contributed by atoms with Crippen LogP contribution in [0.15, 0.2) is 12.1 Å². The molecule has 0 atom stereocenters. The van der Waals surface area contributed by atoms with Gasteiger partial charge in [0.05, 0.1) is 0 Å². The van der Waals surface area contributed by atoms with Crippen LogP contribution in [0.1, 0.15) is 0 Å². The summed E-state index contributed by atoms with van der Waals surface area (Å²) in [5.74, 6) is -3.91. The lowest BCUT2D eigenvalue weighted by atomic mass is 10.3. The second-order valence-electron chi connectivity index (χ2n) is 2.25. The van der Waals surface area contributed by atoms with Crippen molar-refractivity contribution < 1.29 is 22.6 Å². The lowest BCUT2D eigenvalue weighted by Gasteiger charge is -2.05. The predicted octanol–water partition coefficient (Wildman–Crippen LogP) is 2.09. The quantitative estimate of drug-likeness (QED) is 0.539. The highest BCUT2D eigenvalue weighted by atomic mass is 19.2. The molecule has 1 rings (SSSR count). The molecule has 1 aromatic carbocycles. The highest BCUT2D eigenvalue weighted by molar-refractivity contribution is 5.26. The van der Waals surface area contributed by atoms with E-state index in [0.29, 0.717) is 6.07 Å². The van der Waals surface area contributed by atoms with Crippen LogP contribution in [-0.4, -0.2) is 13.9 Å². The molecule has 2 nitrogen and oxygen atoms in total. The van der Waals surface area contributed by atoms with Crippen LogP contribution in [0.3, 0.4) is 0 Å². The van der Waals surface area contributed by atoms with Gasteiger partial charge < -0.3 is 9.47 Å². The van der Waals surface area contributed by atoms with Crippen LogP contribution in [0, 0.1) is 17.5 Å². The van der Waals surface area contributed by atoms with Crippen LogP contribution in [0.5, 0.6) is 5.75 Å². The highest BCUT2D eigenvalue weighted by Crippen LogP contribution is 2.21. The third-order valence-electron chi connectivity index (χ3n) is 1.29. The third kappa shape index (κ3) is 2.35. The normalized spacial score (nSPS) is 10.2. The molecule has 0 saturated heterocycles. The number of benzene rings is 1. The maximum absolute atomic E-state index is 12.8. The summed E-state index contributed by atoms with van der Waals surface area (Å²) in [6, 6.07) is 1.19. The summed E-state index contributed by atoms with van der Waals surface area (Å²) < 4.78 is 46.8. The van der Waals surface area contributed by atoms with Gasteiger partial charge in [0.2, 0.25) is 5.82 Å². The molecule has 0 fully saturated rings. The molecule has 5 heteroatoms. The van der Waals surface area contributed by atoms with Gasteiger partial charge in [0.1, 0.15) is 5.82 Å². The average Bonchev–Trinajstić information content (AvgIpc) is 2.09. The van der Waals surface area contributed by atoms with Crippen molar-refractivity contribution in [1.29, 1.82) is 0 Å². The zero-order chi connectivity index (χ0) is 9.84. The van der Waals surface area contributed by atoms with Gasteiger partial charge in [-0.15, -0.1) is 0 Å². The van der Waals surface area contributed by atoms with E-state index in [4.69, 9.17) is 0 Å². The molecule has 0 saturated carbocycles. The Bertz CT molecular complexity index is 302. The Hall–Kier alpha value is -1.23. The van der Waals surface area contributed by atoms with Gasteiger partial charge in [-0.2, -0.15) is 4.39 Å². The molecule has 0 aliphatic rings. The van der Waals surface area contributed by atoms with E-state index < -0.39 is 23.2 Å². The fraction of sp³-hybridized carbons (Fsp3) is 0.250. The Morgan fingerprint density at radius 1 is 1.23 bits per heavy atom. The van der Waals surface area contributed by atoms with E-state index in [1.807, 2.05) is 0 Å². The Labute approximate surface area is 72.9 Å². The molecule has 13 heavy (non-hydrogen) atoms. The van der Waals surface area contributed by atoms with Crippen molar-refractivity contribution in [2.24, 2.45) is 0 Å². The fourth-order valence-corrected chi connectivity index (χ4v) is 0.760. The second kappa shape index (κ2) is 4.13. The molecule has 0 unspecified atom stereocenters. The van der Waals surface area contributed by atoms with Gasteiger partial charge in [0.15, 0.2) is 18.4 Å². The first-order chi connectivity index (χ1) is 6.15. The summed E-state index contributed by atoms with van der Waals surface area (Å²) in [5, 5.41) is 0. The van der Waals surface area contributed by atoms with Gasteiger partial charge in [0, 0.05) is 19.2 Å². The van der Waals surface area contributed by atoms with Gasteiger partial charge in [-0.25, -0.2) is 8.78 Å². The lowest BCUT2D eigenvalue weighted by molar-refractivity contribution is 0.0475. The molecule has 72 valence electrons. The number of methoxy groups -OCH3 is 1. The number of ether oxygens (including phenoxy) is 2. The smallest absolute Gasteiger partial charge is 0.200 e. The maximum Gasteiger partial charge on any atom is 0.200 e. The molecule has 0 amide bonds. The molecule has 0 bridgehead atoms. The molecular weight excluding hydrogens is 185 g/mol. The van der Waals surface area contributed by atoms with Crippen molar-refractivity contribution in [3.63, 3.8) is 0 Å². The van der Waals surface area contributed by atoms with Gasteiger partial charge in [-0.1, -0.05) is 0 Å². The zero-order valence-corrected chi connectivity index (χ0v) is 6.81. The molecule has 0 aromatic heterocycles. The van der Waals surface area contributed by atoms with Crippen molar-refractivity contribution in [2.45, 2.75) is 0 Å². The molecule has 1 aromatic rings. The van der Waals surface area contributed by atoms with E-state index in [0.717, 1.165) is 6.07 Å². The summed E-state index contributed by atoms with van der Waals surface area (Å²) in [7, 11) is 1.31. The minimum Gasteiger partial charge on any atom is -0.464 e. The van der Waals surface area contributed by atoms with E-state index >= 15 is 0 Å². The Morgan fingerprint density at radius 2 is 1.92 bits per heavy atom. The monoisotopic (exact) mass is 192 g/mol. The minimum absolute atomic E-state index is 0.264. The van der Waals surface area contributed by atoms with Gasteiger partial charge in [-0.3, -0.25) is 0 Å². The van der Waals surface area contributed by atoms with E-state index in [2.05, 4.69) is 9.47 Å². The highest BCUT2D eigenvalue weighted by Gasteiger charge is 2.11. The molecular formula is C8H7F3O2. The van der Waals surface area contributed by atoms with Crippen molar-refractivity contribution in [3.05, 3.63) is 29.6 Å². The summed E-state index contributed by atoms with van der Waals surface area (Å²) in [6.45, 7) is -0.264. The Morgan fingerprint density at radius 3 is 2.54 bits per heavy atom. The molecule has 0 heterocycles. The van der Waals surface area contributed by atoms with E-state index in [1.165, 1.54) is 7.11 Å². The Balaban J connectivity index is 2.92. The zero-order valence-electron chi connectivity index (χ0n) is 6.81. The molecule has 0 spiro atoms. The largest absolute Gasteiger partial charge is 0.464 e. The first-order valence-corrected chi connectivity index (χ1v) is 3.41. The minimum atomic E-state index is -1.29. The Kier molecular flexibility index (Phi) is 3.13. The van der Waals surface area contributed by atoms with E-state index in [1.54, 1.807) is 0 Å². The first-order valence-electron chi connectivity index (χ1n) is 3.41. The van der Waals surface area contributed by atoms with Crippen molar-refractivity contribution >= 4 is 0 Å².